The predicted octanol–water partition coefficient (Wildman–Crippen LogP) is 4.74. The minimum absolute atomic E-state index is 0.129. The maximum Gasteiger partial charge on any atom is 0.180 e. The van der Waals surface area contributed by atoms with Crippen molar-refractivity contribution in [3.8, 4) is 11.5 Å². The van der Waals surface area contributed by atoms with Crippen LogP contribution in [0.4, 0.5) is 4.39 Å². The highest BCUT2D eigenvalue weighted by Crippen LogP contribution is 2.26. The van der Waals surface area contributed by atoms with Gasteiger partial charge in [-0.1, -0.05) is 0 Å². The van der Waals surface area contributed by atoms with Gasteiger partial charge in [0.15, 0.2) is 5.78 Å². The zero-order valence-corrected chi connectivity index (χ0v) is 11.9. The van der Waals surface area contributed by atoms with Gasteiger partial charge in [0, 0.05) is 5.56 Å². The van der Waals surface area contributed by atoms with Crippen LogP contribution >= 0.6 is 11.6 Å². The Morgan fingerprint density at radius 2 is 1.85 bits per heavy atom. The van der Waals surface area contributed by atoms with Crippen LogP contribution in [0.25, 0.3) is 0 Å². The van der Waals surface area contributed by atoms with Crippen molar-refractivity contribution >= 4 is 17.4 Å². The molecule has 1 atom stereocenters. The SMILES string of the molecule is Cc1cc(F)ccc1Oc1ccc(C(=O)C(C)Cl)cc1. The number of aryl methyl sites for hydroxylation is 1. The van der Waals surface area contributed by atoms with Crippen LogP contribution in [-0.2, 0) is 0 Å². The quantitative estimate of drug-likeness (QED) is 0.601. The Hall–Kier alpha value is -1.87. The summed E-state index contributed by atoms with van der Waals surface area (Å²) in [7, 11) is 0. The van der Waals surface area contributed by atoms with Crippen LogP contribution in [0.5, 0.6) is 11.5 Å². The Kier molecular flexibility index (Phi) is 4.40. The molecule has 2 rings (SSSR count). The largest absolute Gasteiger partial charge is 0.457 e. The van der Waals surface area contributed by atoms with E-state index in [1.165, 1.54) is 12.1 Å². The Morgan fingerprint density at radius 1 is 1.20 bits per heavy atom. The second-order valence-corrected chi connectivity index (χ2v) is 5.17. The maximum atomic E-state index is 13.0. The first-order chi connectivity index (χ1) is 9.47. The Bertz CT molecular complexity index is 621. The third kappa shape index (κ3) is 3.36. The number of carbonyl (C=O) groups excluding carboxylic acids is 1. The second kappa shape index (κ2) is 6.06. The summed E-state index contributed by atoms with van der Waals surface area (Å²) >= 11 is 5.75. The summed E-state index contributed by atoms with van der Waals surface area (Å²) in [6.07, 6.45) is 0. The topological polar surface area (TPSA) is 26.3 Å². The molecule has 0 radical (unpaired) electrons. The summed E-state index contributed by atoms with van der Waals surface area (Å²) in [6, 6.07) is 11.0. The van der Waals surface area contributed by atoms with Gasteiger partial charge in [0.2, 0.25) is 0 Å². The summed E-state index contributed by atoms with van der Waals surface area (Å²) in [5.41, 5.74) is 1.25. The van der Waals surface area contributed by atoms with Gasteiger partial charge >= 0.3 is 0 Å². The molecule has 0 heterocycles. The summed E-state index contributed by atoms with van der Waals surface area (Å²) in [5.74, 6) is 0.734. The van der Waals surface area contributed by atoms with Gasteiger partial charge in [0.25, 0.3) is 0 Å². The zero-order chi connectivity index (χ0) is 14.7. The highest BCUT2D eigenvalue weighted by molar-refractivity contribution is 6.33. The Morgan fingerprint density at radius 3 is 2.40 bits per heavy atom. The third-order valence-electron chi connectivity index (χ3n) is 2.86. The number of hydrogen-bond donors (Lipinski definition) is 0. The van der Waals surface area contributed by atoms with Gasteiger partial charge in [-0.3, -0.25) is 4.79 Å². The molecule has 0 saturated carbocycles. The van der Waals surface area contributed by atoms with Crippen LogP contribution in [0.3, 0.4) is 0 Å². The maximum absolute atomic E-state index is 13.0. The van der Waals surface area contributed by atoms with Crippen LogP contribution in [0.15, 0.2) is 42.5 Å². The van der Waals surface area contributed by atoms with Crippen molar-refractivity contribution in [2.24, 2.45) is 0 Å². The van der Waals surface area contributed by atoms with E-state index in [0.29, 0.717) is 22.6 Å². The molecule has 0 bridgehead atoms. The van der Waals surface area contributed by atoms with Crippen molar-refractivity contribution < 1.29 is 13.9 Å². The van der Waals surface area contributed by atoms with Crippen molar-refractivity contribution in [3.63, 3.8) is 0 Å². The van der Waals surface area contributed by atoms with E-state index in [1.807, 2.05) is 0 Å². The van der Waals surface area contributed by atoms with E-state index in [-0.39, 0.29) is 11.6 Å². The van der Waals surface area contributed by atoms with E-state index in [9.17, 15) is 9.18 Å². The molecule has 2 aromatic carbocycles. The third-order valence-corrected chi connectivity index (χ3v) is 3.06. The first-order valence-electron chi connectivity index (χ1n) is 6.19. The molecule has 0 aliphatic heterocycles. The molecule has 0 saturated heterocycles. The minimum atomic E-state index is -0.555. The first kappa shape index (κ1) is 14.5. The van der Waals surface area contributed by atoms with E-state index in [0.717, 1.165) is 0 Å². The number of rotatable bonds is 4. The molecule has 2 nitrogen and oxygen atoms in total. The number of carbonyl (C=O) groups is 1. The van der Waals surface area contributed by atoms with E-state index < -0.39 is 5.38 Å². The van der Waals surface area contributed by atoms with Crippen LogP contribution < -0.4 is 4.74 Å². The lowest BCUT2D eigenvalue weighted by molar-refractivity contribution is 0.0991. The van der Waals surface area contributed by atoms with Crippen LogP contribution in [0.1, 0.15) is 22.8 Å². The van der Waals surface area contributed by atoms with Crippen molar-refractivity contribution in [2.45, 2.75) is 19.2 Å². The molecular weight excluding hydrogens is 279 g/mol. The van der Waals surface area contributed by atoms with Crippen molar-refractivity contribution in [2.75, 3.05) is 0 Å². The summed E-state index contributed by atoms with van der Waals surface area (Å²) in [4.78, 5) is 11.7. The number of alkyl halides is 1. The second-order valence-electron chi connectivity index (χ2n) is 4.52. The molecule has 0 amide bonds. The fraction of sp³-hybridized carbons (Fsp3) is 0.188. The van der Waals surface area contributed by atoms with Gasteiger partial charge in [-0.25, -0.2) is 4.39 Å². The number of benzene rings is 2. The molecule has 0 aliphatic rings. The predicted molar refractivity (Wildman–Crippen MR) is 77.3 cm³/mol. The fourth-order valence-corrected chi connectivity index (χ4v) is 1.90. The monoisotopic (exact) mass is 292 g/mol. The average Bonchev–Trinajstić information content (AvgIpc) is 2.42. The van der Waals surface area contributed by atoms with Gasteiger partial charge in [0.1, 0.15) is 17.3 Å². The van der Waals surface area contributed by atoms with E-state index in [4.69, 9.17) is 16.3 Å². The molecule has 0 fully saturated rings. The molecule has 1 unspecified atom stereocenters. The van der Waals surface area contributed by atoms with Crippen molar-refractivity contribution in [1.29, 1.82) is 0 Å². The zero-order valence-electron chi connectivity index (χ0n) is 11.2. The molecule has 0 aromatic heterocycles. The van der Waals surface area contributed by atoms with Crippen molar-refractivity contribution in [1.82, 2.24) is 0 Å². The molecule has 0 N–H and O–H groups in total. The summed E-state index contributed by atoms with van der Waals surface area (Å²) < 4.78 is 18.6. The fourth-order valence-electron chi connectivity index (χ4n) is 1.77. The van der Waals surface area contributed by atoms with Gasteiger partial charge < -0.3 is 4.74 Å². The van der Waals surface area contributed by atoms with Gasteiger partial charge in [-0.05, 0) is 61.9 Å². The molecule has 4 heteroatoms. The number of hydrogen-bond acceptors (Lipinski definition) is 2. The average molecular weight is 293 g/mol. The molecule has 20 heavy (non-hydrogen) atoms. The highest BCUT2D eigenvalue weighted by atomic mass is 35.5. The molecule has 104 valence electrons. The minimum Gasteiger partial charge on any atom is -0.457 e. The Balaban J connectivity index is 2.17. The lowest BCUT2D eigenvalue weighted by Gasteiger charge is -2.09. The van der Waals surface area contributed by atoms with Gasteiger partial charge in [0.05, 0.1) is 5.38 Å². The van der Waals surface area contributed by atoms with Crippen molar-refractivity contribution in [3.05, 3.63) is 59.4 Å². The van der Waals surface area contributed by atoms with Gasteiger partial charge in [-0.2, -0.15) is 0 Å². The molecule has 2 aromatic rings. The summed E-state index contributed by atoms with van der Waals surface area (Å²) in [6.45, 7) is 3.40. The Labute approximate surface area is 122 Å². The lowest BCUT2D eigenvalue weighted by atomic mass is 10.1. The normalized spacial score (nSPS) is 12.0. The molecular formula is C16H14ClFO2. The number of halogens is 2. The van der Waals surface area contributed by atoms with Crippen LogP contribution in [-0.4, -0.2) is 11.2 Å². The lowest BCUT2D eigenvalue weighted by Crippen LogP contribution is -2.09. The standard InChI is InChI=1S/C16H14ClFO2/c1-10-9-13(18)5-8-15(10)20-14-6-3-12(4-7-14)16(19)11(2)17/h3-9,11H,1-2H3. The molecule has 0 aliphatic carbocycles. The number of ketones is 1. The van der Waals surface area contributed by atoms with E-state index >= 15 is 0 Å². The highest BCUT2D eigenvalue weighted by Gasteiger charge is 2.12. The number of ether oxygens (including phenoxy) is 1. The van der Waals surface area contributed by atoms with Crippen LogP contribution in [0.2, 0.25) is 0 Å². The van der Waals surface area contributed by atoms with E-state index in [2.05, 4.69) is 0 Å². The van der Waals surface area contributed by atoms with Gasteiger partial charge in [-0.15, -0.1) is 11.6 Å². The van der Waals surface area contributed by atoms with Crippen LogP contribution in [0, 0.1) is 12.7 Å². The molecule has 0 spiro atoms. The smallest absolute Gasteiger partial charge is 0.180 e. The van der Waals surface area contributed by atoms with E-state index in [1.54, 1.807) is 44.2 Å². The first-order valence-corrected chi connectivity index (χ1v) is 6.63. The number of Topliss-reactive ketones (excluding diaryl/α,β-unsaturated/α-hetero) is 1. The summed E-state index contributed by atoms with van der Waals surface area (Å²) in [5, 5.41) is -0.555.